The molecule has 3 aromatic rings. The van der Waals surface area contributed by atoms with E-state index in [0.717, 1.165) is 27.6 Å². The predicted octanol–water partition coefficient (Wildman–Crippen LogP) is 3.66. The summed E-state index contributed by atoms with van der Waals surface area (Å²) in [5.74, 6) is 0. The first-order valence-corrected chi connectivity index (χ1v) is 9.24. The molecule has 1 aliphatic heterocycles. The Morgan fingerprint density at radius 1 is 1.04 bits per heavy atom. The van der Waals surface area contributed by atoms with Crippen LogP contribution in [0.4, 0.5) is 0 Å². The van der Waals surface area contributed by atoms with E-state index in [0.29, 0.717) is 11.4 Å². The van der Waals surface area contributed by atoms with Crippen LogP contribution < -0.4 is 0 Å². The van der Waals surface area contributed by atoms with E-state index < -0.39 is 10.0 Å². The van der Waals surface area contributed by atoms with Crippen LogP contribution in [0.1, 0.15) is 16.7 Å². The normalized spacial score (nSPS) is 14.2. The molecule has 0 aliphatic carbocycles. The zero-order valence-corrected chi connectivity index (χ0v) is 14.4. The highest BCUT2D eigenvalue weighted by molar-refractivity contribution is 7.89. The summed E-state index contributed by atoms with van der Waals surface area (Å²) in [6.45, 7) is 2.28. The summed E-state index contributed by atoms with van der Waals surface area (Å²) in [5.41, 5.74) is 4.22. The minimum absolute atomic E-state index is 0.317. The van der Waals surface area contributed by atoms with Crippen molar-refractivity contribution in [2.45, 2.75) is 18.4 Å². The van der Waals surface area contributed by atoms with Crippen LogP contribution in [0.25, 0.3) is 17.0 Å². The van der Waals surface area contributed by atoms with E-state index in [9.17, 15) is 8.42 Å². The fourth-order valence-electron chi connectivity index (χ4n) is 3.21. The zero-order chi connectivity index (χ0) is 16.9. The third-order valence-electron chi connectivity index (χ3n) is 4.50. The highest BCUT2D eigenvalue weighted by atomic mass is 32.2. The smallest absolute Gasteiger partial charge is 0.264 e. The van der Waals surface area contributed by atoms with Gasteiger partial charge in [0.15, 0.2) is 0 Å². The Morgan fingerprint density at radius 2 is 1.79 bits per heavy atom. The van der Waals surface area contributed by atoms with Crippen molar-refractivity contribution in [1.29, 1.82) is 0 Å². The van der Waals surface area contributed by atoms with Crippen molar-refractivity contribution < 1.29 is 8.42 Å². The van der Waals surface area contributed by atoms with Crippen LogP contribution in [0, 0.1) is 6.92 Å². The quantitative estimate of drug-likeness (QED) is 0.715. The van der Waals surface area contributed by atoms with E-state index in [2.05, 4.69) is 10.6 Å². The largest absolute Gasteiger partial charge is 0.350 e. The van der Waals surface area contributed by atoms with Gasteiger partial charge in [0, 0.05) is 35.9 Å². The van der Waals surface area contributed by atoms with Gasteiger partial charge in [0.05, 0.1) is 11.4 Å². The van der Waals surface area contributed by atoms with E-state index in [1.807, 2.05) is 50.5 Å². The van der Waals surface area contributed by atoms with Crippen molar-refractivity contribution in [1.82, 2.24) is 8.87 Å². The maximum absolute atomic E-state index is 13.0. The van der Waals surface area contributed by atoms with Gasteiger partial charge < -0.3 is 4.57 Å². The lowest BCUT2D eigenvalue weighted by Gasteiger charge is -2.20. The van der Waals surface area contributed by atoms with Crippen LogP contribution in [0.2, 0.25) is 0 Å². The second kappa shape index (κ2) is 5.24. The number of sulfonamides is 1. The summed E-state index contributed by atoms with van der Waals surface area (Å²) in [6, 6.07) is 13.0. The van der Waals surface area contributed by atoms with Crippen LogP contribution in [-0.2, 0) is 23.6 Å². The van der Waals surface area contributed by atoms with Crippen LogP contribution in [-0.4, -0.2) is 17.3 Å². The Labute approximate surface area is 141 Å². The first-order chi connectivity index (χ1) is 11.5. The molecular weight excluding hydrogens is 320 g/mol. The lowest BCUT2D eigenvalue weighted by Crippen LogP contribution is -2.25. The van der Waals surface area contributed by atoms with Crippen LogP contribution >= 0.6 is 0 Å². The monoisotopic (exact) mass is 338 g/mol. The van der Waals surface area contributed by atoms with Crippen LogP contribution in [0.5, 0.6) is 0 Å². The van der Waals surface area contributed by atoms with Crippen molar-refractivity contribution in [3.05, 3.63) is 71.6 Å². The Kier molecular flexibility index (Phi) is 3.28. The summed E-state index contributed by atoms with van der Waals surface area (Å²) in [7, 11) is -1.56. The molecule has 0 atom stereocenters. The molecule has 24 heavy (non-hydrogen) atoms. The fourth-order valence-corrected chi connectivity index (χ4v) is 4.49. The van der Waals surface area contributed by atoms with Gasteiger partial charge in [-0.1, -0.05) is 29.8 Å². The number of nitrogens with zero attached hydrogens (tertiary/aromatic N) is 2. The molecule has 0 spiro atoms. The van der Waals surface area contributed by atoms with Gasteiger partial charge in [-0.15, -0.1) is 0 Å². The second-order valence-electron chi connectivity index (χ2n) is 6.19. The van der Waals surface area contributed by atoms with Crippen LogP contribution in [0.15, 0.2) is 59.8 Å². The lowest BCUT2D eigenvalue weighted by atomic mass is 10.1. The second-order valence-corrected chi connectivity index (χ2v) is 8.08. The van der Waals surface area contributed by atoms with E-state index in [1.54, 1.807) is 18.3 Å². The molecule has 0 unspecified atom stereocenters. The van der Waals surface area contributed by atoms with Gasteiger partial charge >= 0.3 is 0 Å². The standard InChI is InChI=1S/C19H18N2O2S/c1-14-6-8-17(9-7-14)24(22,23)21-11-10-16-12-20(2)18-5-3-4-15(13-21)19(16)18/h3-12H,13H2,1-2H3. The Hall–Kier alpha value is -2.53. The van der Waals surface area contributed by atoms with Crippen molar-refractivity contribution in [2.24, 2.45) is 7.05 Å². The van der Waals surface area contributed by atoms with Gasteiger partial charge in [-0.25, -0.2) is 8.42 Å². The molecule has 5 heteroatoms. The Bertz CT molecular complexity index is 1060. The topological polar surface area (TPSA) is 42.3 Å². The van der Waals surface area contributed by atoms with E-state index in [1.165, 1.54) is 4.31 Å². The van der Waals surface area contributed by atoms with E-state index in [-0.39, 0.29) is 0 Å². The number of aryl methyl sites for hydroxylation is 2. The summed E-state index contributed by atoms with van der Waals surface area (Å²) in [6.07, 6.45) is 5.58. The number of benzene rings is 2. The van der Waals surface area contributed by atoms with Crippen molar-refractivity contribution in [3.63, 3.8) is 0 Å². The van der Waals surface area contributed by atoms with Gasteiger partial charge in [-0.2, -0.15) is 0 Å². The number of rotatable bonds is 2. The van der Waals surface area contributed by atoms with Gasteiger partial charge in [-0.3, -0.25) is 4.31 Å². The van der Waals surface area contributed by atoms with Crippen molar-refractivity contribution >= 4 is 27.0 Å². The Balaban J connectivity index is 1.82. The van der Waals surface area contributed by atoms with Gasteiger partial charge in [0.1, 0.15) is 0 Å². The summed E-state index contributed by atoms with van der Waals surface area (Å²) >= 11 is 0. The summed E-state index contributed by atoms with van der Waals surface area (Å²) < 4.78 is 29.5. The molecule has 0 bridgehead atoms. The molecule has 2 heterocycles. The van der Waals surface area contributed by atoms with E-state index >= 15 is 0 Å². The molecule has 2 aromatic carbocycles. The molecule has 0 amide bonds. The highest BCUT2D eigenvalue weighted by Crippen LogP contribution is 2.31. The van der Waals surface area contributed by atoms with Gasteiger partial charge in [0.25, 0.3) is 10.0 Å². The first kappa shape index (κ1) is 15.0. The highest BCUT2D eigenvalue weighted by Gasteiger charge is 2.24. The molecule has 122 valence electrons. The average Bonchev–Trinajstić information content (AvgIpc) is 2.76. The Morgan fingerprint density at radius 3 is 2.54 bits per heavy atom. The van der Waals surface area contributed by atoms with Crippen molar-refractivity contribution in [3.8, 4) is 0 Å². The molecule has 0 N–H and O–H groups in total. The predicted molar refractivity (Wildman–Crippen MR) is 95.9 cm³/mol. The molecule has 0 saturated carbocycles. The van der Waals surface area contributed by atoms with Gasteiger partial charge in [0.2, 0.25) is 0 Å². The maximum atomic E-state index is 13.0. The molecule has 1 aromatic heterocycles. The first-order valence-electron chi connectivity index (χ1n) is 7.80. The molecule has 4 rings (SSSR count). The molecule has 0 saturated heterocycles. The maximum Gasteiger partial charge on any atom is 0.264 e. The molecule has 0 radical (unpaired) electrons. The minimum atomic E-state index is -3.56. The molecule has 0 fully saturated rings. The number of aromatic nitrogens is 1. The van der Waals surface area contributed by atoms with Crippen LogP contribution in [0.3, 0.4) is 0 Å². The third-order valence-corrected chi connectivity index (χ3v) is 6.24. The summed E-state index contributed by atoms with van der Waals surface area (Å²) in [5, 5.41) is 1.12. The fraction of sp³-hybridized carbons (Fsp3) is 0.158. The number of hydrogen-bond acceptors (Lipinski definition) is 2. The van der Waals surface area contributed by atoms with Crippen molar-refractivity contribution in [2.75, 3.05) is 0 Å². The average molecular weight is 338 g/mol. The minimum Gasteiger partial charge on any atom is -0.350 e. The molecular formula is C19H18N2O2S. The third kappa shape index (κ3) is 2.24. The summed E-state index contributed by atoms with van der Waals surface area (Å²) in [4.78, 5) is 0.317. The molecule has 4 nitrogen and oxygen atoms in total. The molecule has 1 aliphatic rings. The lowest BCUT2D eigenvalue weighted by molar-refractivity contribution is 0.498. The number of hydrogen-bond donors (Lipinski definition) is 0. The van der Waals surface area contributed by atoms with Gasteiger partial charge in [-0.05, 0) is 36.8 Å². The zero-order valence-electron chi connectivity index (χ0n) is 13.6. The SMILES string of the molecule is Cc1ccc(S(=O)(=O)N2C=Cc3cn(C)c4cccc(c34)C2)cc1. The van der Waals surface area contributed by atoms with E-state index in [4.69, 9.17) is 0 Å².